The molecule has 0 aliphatic heterocycles. The topological polar surface area (TPSA) is 47.5 Å². The van der Waals surface area contributed by atoms with Gasteiger partial charge >= 0.3 is 0 Å². The van der Waals surface area contributed by atoms with Crippen molar-refractivity contribution >= 4 is 5.52 Å². The molecule has 0 radical (unpaired) electrons. The van der Waals surface area contributed by atoms with E-state index in [0.717, 1.165) is 16.7 Å². The fourth-order valence-electron chi connectivity index (χ4n) is 3.69. The van der Waals surface area contributed by atoms with Gasteiger partial charge in [0.1, 0.15) is 17.5 Å². The minimum atomic E-state index is -0.761. The highest BCUT2D eigenvalue weighted by molar-refractivity contribution is 5.89. The summed E-state index contributed by atoms with van der Waals surface area (Å²) in [6, 6.07) is 13.9. The summed E-state index contributed by atoms with van der Waals surface area (Å²) in [5, 5.41) is 0. The lowest BCUT2D eigenvalue weighted by molar-refractivity contribution is 0.584. The van der Waals surface area contributed by atoms with Crippen LogP contribution in [-0.4, -0.2) is 4.40 Å². The Morgan fingerprint density at radius 2 is 1.48 bits per heavy atom. The second-order valence-corrected chi connectivity index (χ2v) is 6.88. The monoisotopic (exact) mass is 394 g/mol. The van der Waals surface area contributed by atoms with Crippen molar-refractivity contribution in [1.82, 2.24) is 4.40 Å². The molecule has 0 bridgehead atoms. The number of rotatable bonds is 3. The van der Waals surface area contributed by atoms with E-state index >= 15 is 0 Å². The lowest BCUT2D eigenvalue weighted by atomic mass is 9.88. The minimum Gasteiger partial charge on any atom is -0.324 e. The average molecular weight is 394 g/mol. The van der Waals surface area contributed by atoms with Crippen LogP contribution in [0.2, 0.25) is 0 Å². The second-order valence-electron chi connectivity index (χ2n) is 6.88. The number of fused-ring (bicyclic) bond motifs is 1. The Morgan fingerprint density at radius 3 is 2.10 bits per heavy atom. The van der Waals surface area contributed by atoms with Crippen molar-refractivity contribution in [1.29, 1.82) is 0 Å². The highest BCUT2D eigenvalue weighted by atomic mass is 19.1. The van der Waals surface area contributed by atoms with Crippen molar-refractivity contribution in [3.05, 3.63) is 100 Å². The number of pyridine rings is 2. The van der Waals surface area contributed by atoms with Gasteiger partial charge in [0, 0.05) is 23.9 Å². The first kappa shape index (κ1) is 19.0. The van der Waals surface area contributed by atoms with E-state index in [1.54, 1.807) is 37.3 Å². The van der Waals surface area contributed by atoms with Crippen LogP contribution in [0.1, 0.15) is 18.5 Å². The van der Waals surface area contributed by atoms with Crippen LogP contribution in [0.15, 0.2) is 71.7 Å². The first-order chi connectivity index (χ1) is 13.9. The van der Waals surface area contributed by atoms with Crippen molar-refractivity contribution in [2.45, 2.75) is 13.0 Å². The first-order valence-electron chi connectivity index (χ1n) is 9.02. The Kier molecular flexibility index (Phi) is 4.72. The summed E-state index contributed by atoms with van der Waals surface area (Å²) >= 11 is 0. The summed E-state index contributed by atoms with van der Waals surface area (Å²) in [6.07, 6.45) is 1.06. The Morgan fingerprint density at radius 1 is 0.828 bits per heavy atom. The van der Waals surface area contributed by atoms with Gasteiger partial charge in [-0.15, -0.1) is 0 Å². The molecule has 0 aliphatic carbocycles. The quantitative estimate of drug-likeness (QED) is 0.527. The zero-order chi connectivity index (χ0) is 20.7. The standard InChI is InChI=1S/C23H17F3N2O/c1-13(27)20-21(15-9-17(25)11-18(26)10-15)19-8-7-16(24)12-28(19)23(29)22(20)14-5-3-2-4-6-14/h2-13H,27H2,1H3/t13-/m0/s1. The molecular weight excluding hydrogens is 377 g/mol. The molecule has 6 heteroatoms. The summed E-state index contributed by atoms with van der Waals surface area (Å²) < 4.78 is 43.1. The molecule has 2 N–H and O–H groups in total. The summed E-state index contributed by atoms with van der Waals surface area (Å²) in [7, 11) is 0. The molecule has 4 aromatic rings. The molecule has 0 fully saturated rings. The van der Waals surface area contributed by atoms with Gasteiger partial charge in [0.2, 0.25) is 0 Å². The van der Waals surface area contributed by atoms with Crippen LogP contribution in [0, 0.1) is 17.5 Å². The maximum Gasteiger partial charge on any atom is 0.263 e. The number of hydrogen-bond acceptors (Lipinski definition) is 2. The molecule has 3 nitrogen and oxygen atoms in total. The fourth-order valence-corrected chi connectivity index (χ4v) is 3.69. The number of aromatic nitrogens is 1. The lowest BCUT2D eigenvalue weighted by Crippen LogP contribution is -2.23. The third kappa shape index (κ3) is 3.32. The van der Waals surface area contributed by atoms with Crippen molar-refractivity contribution < 1.29 is 13.2 Å². The molecule has 0 spiro atoms. The van der Waals surface area contributed by atoms with Crippen LogP contribution in [0.3, 0.4) is 0 Å². The lowest BCUT2D eigenvalue weighted by Gasteiger charge is -2.21. The first-order valence-corrected chi connectivity index (χ1v) is 9.02. The van der Waals surface area contributed by atoms with E-state index in [1.807, 2.05) is 0 Å². The SMILES string of the molecule is C[C@H](N)c1c(-c2ccccc2)c(=O)n2cc(F)ccc2c1-c1cc(F)cc(F)c1. The maximum atomic E-state index is 14.0. The number of hydrogen-bond donors (Lipinski definition) is 1. The fraction of sp³-hybridized carbons (Fsp3) is 0.0870. The maximum absolute atomic E-state index is 14.0. The van der Waals surface area contributed by atoms with Gasteiger partial charge < -0.3 is 5.73 Å². The van der Waals surface area contributed by atoms with Crippen molar-refractivity contribution in [3.63, 3.8) is 0 Å². The van der Waals surface area contributed by atoms with E-state index in [4.69, 9.17) is 5.73 Å². The molecule has 2 heterocycles. The van der Waals surface area contributed by atoms with Gasteiger partial charge in [-0.05, 0) is 47.9 Å². The zero-order valence-corrected chi connectivity index (χ0v) is 15.5. The van der Waals surface area contributed by atoms with E-state index in [1.165, 1.54) is 24.3 Å². The zero-order valence-electron chi connectivity index (χ0n) is 15.5. The third-order valence-corrected chi connectivity index (χ3v) is 4.81. The molecule has 146 valence electrons. The van der Waals surface area contributed by atoms with E-state index in [9.17, 15) is 18.0 Å². The molecule has 2 aromatic heterocycles. The van der Waals surface area contributed by atoms with Crippen molar-refractivity contribution in [3.8, 4) is 22.3 Å². The van der Waals surface area contributed by atoms with Crippen molar-refractivity contribution in [2.24, 2.45) is 5.73 Å². The number of benzene rings is 2. The normalized spacial score (nSPS) is 12.3. The predicted octanol–water partition coefficient (Wildman–Crippen LogP) is 5.07. The number of halogens is 3. The van der Waals surface area contributed by atoms with Gasteiger partial charge in [-0.25, -0.2) is 13.2 Å². The van der Waals surface area contributed by atoms with E-state index in [-0.39, 0.29) is 11.1 Å². The predicted molar refractivity (Wildman–Crippen MR) is 107 cm³/mol. The molecule has 2 aromatic carbocycles. The Hall–Kier alpha value is -3.38. The highest BCUT2D eigenvalue weighted by Crippen LogP contribution is 2.37. The van der Waals surface area contributed by atoms with Gasteiger partial charge in [-0.2, -0.15) is 0 Å². The summed E-state index contributed by atoms with van der Waals surface area (Å²) in [4.78, 5) is 13.3. The van der Waals surface area contributed by atoms with Crippen LogP contribution in [0.5, 0.6) is 0 Å². The average Bonchev–Trinajstić information content (AvgIpc) is 2.67. The smallest absolute Gasteiger partial charge is 0.263 e. The molecule has 0 aliphatic rings. The molecular formula is C23H17F3N2O. The molecule has 29 heavy (non-hydrogen) atoms. The number of nitrogens with zero attached hydrogens (tertiary/aromatic N) is 1. The molecule has 0 saturated heterocycles. The summed E-state index contributed by atoms with van der Waals surface area (Å²) in [5.41, 5.74) is 8.00. The molecule has 1 atom stereocenters. The summed E-state index contributed by atoms with van der Waals surface area (Å²) in [5.74, 6) is -2.13. The Bertz CT molecular complexity index is 1260. The van der Waals surface area contributed by atoms with Gasteiger partial charge in [-0.1, -0.05) is 30.3 Å². The van der Waals surface area contributed by atoms with E-state index in [2.05, 4.69) is 0 Å². The molecule has 4 rings (SSSR count). The van der Waals surface area contributed by atoms with Gasteiger partial charge in [0.15, 0.2) is 0 Å². The van der Waals surface area contributed by atoms with Crippen LogP contribution in [0.4, 0.5) is 13.2 Å². The molecule has 0 amide bonds. The Balaban J connectivity index is 2.26. The van der Waals surface area contributed by atoms with Gasteiger partial charge in [0.25, 0.3) is 5.56 Å². The van der Waals surface area contributed by atoms with Crippen LogP contribution < -0.4 is 11.3 Å². The highest BCUT2D eigenvalue weighted by Gasteiger charge is 2.23. The van der Waals surface area contributed by atoms with E-state index < -0.39 is 29.1 Å². The molecule has 0 unspecified atom stereocenters. The Labute approximate surface area is 164 Å². The van der Waals surface area contributed by atoms with E-state index in [0.29, 0.717) is 22.2 Å². The second kappa shape index (κ2) is 7.22. The molecule has 0 saturated carbocycles. The third-order valence-electron chi connectivity index (χ3n) is 4.81. The van der Waals surface area contributed by atoms with Gasteiger partial charge in [0.05, 0.1) is 11.1 Å². The van der Waals surface area contributed by atoms with Gasteiger partial charge in [-0.3, -0.25) is 9.20 Å². The summed E-state index contributed by atoms with van der Waals surface area (Å²) in [6.45, 7) is 1.69. The van der Waals surface area contributed by atoms with Crippen molar-refractivity contribution in [2.75, 3.05) is 0 Å². The van der Waals surface area contributed by atoms with Crippen LogP contribution in [-0.2, 0) is 0 Å². The number of nitrogens with two attached hydrogens (primary N) is 1. The van der Waals surface area contributed by atoms with Crippen LogP contribution in [0.25, 0.3) is 27.8 Å². The van der Waals surface area contributed by atoms with Crippen LogP contribution >= 0.6 is 0 Å². The minimum absolute atomic E-state index is 0.219. The largest absolute Gasteiger partial charge is 0.324 e.